The van der Waals surface area contributed by atoms with Gasteiger partial charge in [-0.05, 0) is 70.8 Å². The van der Waals surface area contributed by atoms with Crippen LogP contribution in [0.15, 0.2) is 0 Å². The minimum absolute atomic E-state index is 0.438. The molecule has 6 rings (SSSR count). The quantitative estimate of drug-likeness (QED) is 0.519. The summed E-state index contributed by atoms with van der Waals surface area (Å²) in [5.41, 5.74) is 1.18. The fraction of sp³-hybridized carbons (Fsp3) is 1.00. The molecular weight excluding hydrogens is 286 g/mol. The molecule has 8 atom stereocenters. The molecule has 6 fully saturated rings. The third kappa shape index (κ3) is 1.84. The lowest BCUT2D eigenvalue weighted by Gasteiger charge is -2.65. The smallest absolute Gasteiger partial charge is 0.195 e. The predicted octanol–water partition coefficient (Wildman–Crippen LogP) is 6.36. The van der Waals surface area contributed by atoms with Gasteiger partial charge >= 0.3 is 0 Å². The Kier molecular flexibility index (Phi) is 3.39. The molecule has 0 saturated heterocycles. The van der Waals surface area contributed by atoms with Gasteiger partial charge < -0.3 is 0 Å². The van der Waals surface area contributed by atoms with Crippen LogP contribution in [0.4, 0.5) is 0 Å². The zero-order chi connectivity index (χ0) is 16.0. The molecule has 0 aromatic carbocycles. The highest BCUT2D eigenvalue weighted by atomic mass is 35.5. The lowest BCUT2D eigenvalue weighted by Crippen LogP contribution is -2.58. The molecule has 22 heavy (non-hydrogen) atoms. The van der Waals surface area contributed by atoms with E-state index in [1.54, 1.807) is 0 Å². The topological polar surface area (TPSA) is 0 Å². The fourth-order valence-corrected chi connectivity index (χ4v) is 8.20. The van der Waals surface area contributed by atoms with E-state index in [4.69, 9.17) is 11.5 Å². The van der Waals surface area contributed by atoms with Crippen molar-refractivity contribution < 1.29 is 0 Å². The Hall–Kier alpha value is 0.355. The first kappa shape index (κ1) is 15.9. The lowest BCUT2D eigenvalue weighted by atomic mass is 9.30. The first-order valence-corrected chi connectivity index (χ1v) is 10.2. The second kappa shape index (κ2) is 4.71. The van der Waals surface area contributed by atoms with Crippen LogP contribution < -0.4 is 0 Å². The second-order valence-electron chi connectivity index (χ2n) is 10.7. The van der Waals surface area contributed by atoms with Crippen LogP contribution in [0.5, 0.6) is 0 Å². The summed E-state index contributed by atoms with van der Waals surface area (Å²) in [6.07, 6.45) is 6.20. The Balaban J connectivity index is 1.49. The number of hydrogen-bond acceptors (Lipinski definition) is 0. The van der Waals surface area contributed by atoms with E-state index in [-0.39, 0.29) is 0 Å². The molecule has 0 unspecified atom stereocenters. The van der Waals surface area contributed by atoms with Gasteiger partial charge in [-0.3, -0.25) is 0 Å². The van der Waals surface area contributed by atoms with Crippen molar-refractivity contribution in [1.82, 2.24) is 0 Å². The van der Waals surface area contributed by atoms with Crippen molar-refractivity contribution in [3.05, 3.63) is 0 Å². The van der Waals surface area contributed by atoms with Gasteiger partial charge in [-0.2, -0.15) is 11.5 Å². The van der Waals surface area contributed by atoms with Gasteiger partial charge in [0, 0.05) is 0 Å². The average Bonchev–Trinajstić information content (AvgIpc) is 2.45. The van der Waals surface area contributed by atoms with Crippen molar-refractivity contribution in [2.75, 3.05) is 0 Å². The van der Waals surface area contributed by atoms with Crippen LogP contribution in [-0.2, 0) is 0 Å². The fourth-order valence-electron chi connectivity index (χ4n) is 7.54. The highest BCUT2D eigenvalue weighted by Crippen LogP contribution is 2.69. The molecule has 6 saturated carbocycles. The molecule has 6 aliphatic carbocycles. The van der Waals surface area contributed by atoms with Crippen LogP contribution >= 0.6 is 11.5 Å². The summed E-state index contributed by atoms with van der Waals surface area (Å²) in [5, 5.41) is 0. The Labute approximate surface area is 143 Å². The van der Waals surface area contributed by atoms with Crippen LogP contribution in [0.3, 0.4) is 0 Å². The van der Waals surface area contributed by atoms with E-state index in [1.165, 1.54) is 25.7 Å². The normalized spacial score (nSPS) is 54.1. The zero-order valence-corrected chi connectivity index (χ0v) is 16.2. The highest BCUT2D eigenvalue weighted by Gasteiger charge is 2.62. The van der Waals surface area contributed by atoms with E-state index in [0.717, 1.165) is 47.1 Å². The Bertz CT molecular complexity index is 428. The summed E-state index contributed by atoms with van der Waals surface area (Å²) in [4.78, 5) is 0. The summed E-state index contributed by atoms with van der Waals surface area (Å²) in [7, 11) is 0. The first-order valence-electron chi connectivity index (χ1n) is 9.79. The minimum atomic E-state index is 0.438. The van der Waals surface area contributed by atoms with Crippen molar-refractivity contribution >= 4 is 17.6 Å². The standard InChI is InChI=1S/C20H34BCl/c1-11-15-7-13(19(15,3)4)9-17(11)21(22)18-10-14-8-16(12(18)2)20(14,5)6/h11-18H,7-10H2,1-6H3/t11-,12-,13-,14+,15+,16-,17-,18-/m0/s1. The molecule has 0 aliphatic heterocycles. The molecule has 0 nitrogen and oxygen atoms in total. The zero-order valence-electron chi connectivity index (χ0n) is 15.4. The molecule has 0 heterocycles. The number of hydrogen-bond donors (Lipinski definition) is 0. The molecule has 0 spiro atoms. The number of fused-ring (bicyclic) bond motifs is 4. The van der Waals surface area contributed by atoms with Crippen molar-refractivity contribution in [1.29, 1.82) is 0 Å². The van der Waals surface area contributed by atoms with Gasteiger partial charge in [0.1, 0.15) is 0 Å². The summed E-state index contributed by atoms with van der Waals surface area (Å²) in [6, 6.07) is 0. The minimum Gasteiger partial charge on any atom is -0.195 e. The molecule has 6 aliphatic rings. The van der Waals surface area contributed by atoms with Gasteiger partial charge in [0.2, 0.25) is 0 Å². The first-order chi connectivity index (χ1) is 10.2. The number of halogens is 1. The lowest BCUT2D eigenvalue weighted by molar-refractivity contribution is -0.106. The van der Waals surface area contributed by atoms with E-state index >= 15 is 0 Å². The summed E-state index contributed by atoms with van der Waals surface area (Å²) < 4.78 is 0. The molecule has 0 amide bonds. The summed E-state index contributed by atoms with van der Waals surface area (Å²) in [5.74, 6) is 7.00. The molecular formula is C20H34BCl. The third-order valence-corrected chi connectivity index (χ3v) is 10.3. The van der Waals surface area contributed by atoms with Gasteiger partial charge in [-0.25, -0.2) is 0 Å². The average molecular weight is 321 g/mol. The Morgan fingerprint density at radius 2 is 1.09 bits per heavy atom. The maximum atomic E-state index is 7.19. The van der Waals surface area contributed by atoms with Crippen molar-refractivity contribution in [2.45, 2.75) is 78.9 Å². The maximum absolute atomic E-state index is 7.19. The number of rotatable bonds is 2. The highest BCUT2D eigenvalue weighted by molar-refractivity contribution is 7.08. The molecule has 0 aromatic rings. The van der Waals surface area contributed by atoms with Gasteiger partial charge in [0.25, 0.3) is 6.13 Å². The second-order valence-corrected chi connectivity index (χ2v) is 11.2. The van der Waals surface area contributed by atoms with E-state index < -0.39 is 0 Å². The van der Waals surface area contributed by atoms with Crippen molar-refractivity contribution in [3.8, 4) is 0 Å². The maximum Gasteiger partial charge on any atom is 0.257 e. The Morgan fingerprint density at radius 3 is 1.36 bits per heavy atom. The summed E-state index contributed by atoms with van der Waals surface area (Å²) in [6.45, 7) is 15.0. The van der Waals surface area contributed by atoms with Crippen LogP contribution in [0.25, 0.3) is 0 Å². The van der Waals surface area contributed by atoms with Gasteiger partial charge in [0.15, 0.2) is 0 Å². The van der Waals surface area contributed by atoms with Crippen LogP contribution in [0, 0.1) is 46.3 Å². The van der Waals surface area contributed by atoms with Crippen molar-refractivity contribution in [3.63, 3.8) is 0 Å². The van der Waals surface area contributed by atoms with Gasteiger partial charge in [0.05, 0.1) is 0 Å². The van der Waals surface area contributed by atoms with Crippen LogP contribution in [-0.4, -0.2) is 6.13 Å². The van der Waals surface area contributed by atoms with Crippen LogP contribution in [0.1, 0.15) is 67.2 Å². The molecule has 124 valence electrons. The van der Waals surface area contributed by atoms with Gasteiger partial charge in [-0.1, -0.05) is 54.4 Å². The molecule has 0 aromatic heterocycles. The van der Waals surface area contributed by atoms with E-state index in [2.05, 4.69) is 41.5 Å². The third-order valence-electron chi connectivity index (χ3n) is 9.64. The molecule has 2 heteroatoms. The van der Waals surface area contributed by atoms with Crippen LogP contribution in [0.2, 0.25) is 11.6 Å². The van der Waals surface area contributed by atoms with E-state index in [0.29, 0.717) is 17.0 Å². The molecule has 0 radical (unpaired) electrons. The monoisotopic (exact) mass is 320 g/mol. The molecule has 0 N–H and O–H groups in total. The summed E-state index contributed by atoms with van der Waals surface area (Å²) >= 11 is 7.19. The molecule has 4 bridgehead atoms. The van der Waals surface area contributed by atoms with Gasteiger partial charge in [-0.15, -0.1) is 0 Å². The van der Waals surface area contributed by atoms with E-state index in [1.807, 2.05) is 0 Å². The van der Waals surface area contributed by atoms with E-state index in [9.17, 15) is 0 Å². The SMILES string of the molecule is C[C@@H]1[C@@H](B(Cl)[C@H]2C[C@H]3C[C@@H]([C@@H]2C)C3(C)C)C[C@@H]2C[C@H]1C2(C)C. The predicted molar refractivity (Wildman–Crippen MR) is 97.4 cm³/mol. The largest absolute Gasteiger partial charge is 0.257 e. The Morgan fingerprint density at radius 1 is 0.727 bits per heavy atom. The van der Waals surface area contributed by atoms with Crippen molar-refractivity contribution in [2.24, 2.45) is 46.3 Å².